The second-order valence-electron chi connectivity index (χ2n) is 5.62. The van der Waals surface area contributed by atoms with E-state index >= 15 is 0 Å². The zero-order valence-electron chi connectivity index (χ0n) is 11.4. The molecule has 0 N–H and O–H groups in total. The molecule has 0 fully saturated rings. The molecule has 0 aromatic heterocycles. The number of benzene rings is 2. The molecule has 2 aromatic carbocycles. The minimum absolute atomic E-state index is 0.285. The number of carbonyl (C=O) groups excluding carboxylic acids is 1. The summed E-state index contributed by atoms with van der Waals surface area (Å²) in [5.41, 5.74) is 7.22. The molecule has 0 saturated heterocycles. The fourth-order valence-corrected chi connectivity index (χ4v) is 3.54. The van der Waals surface area contributed by atoms with E-state index < -0.39 is 0 Å². The van der Waals surface area contributed by atoms with E-state index in [2.05, 4.69) is 36.4 Å². The molecule has 1 nitrogen and oxygen atoms in total. The minimum atomic E-state index is 0.285. The first-order chi connectivity index (χ1) is 9.84. The minimum Gasteiger partial charge on any atom is -0.294 e. The van der Waals surface area contributed by atoms with Gasteiger partial charge in [-0.2, -0.15) is 0 Å². The Morgan fingerprint density at radius 3 is 2.30 bits per heavy atom. The van der Waals surface area contributed by atoms with Crippen LogP contribution in [0.1, 0.15) is 35.1 Å². The summed E-state index contributed by atoms with van der Waals surface area (Å²) in [6.45, 7) is 0. The van der Waals surface area contributed by atoms with E-state index in [1.165, 1.54) is 27.8 Å². The molecule has 1 heteroatoms. The van der Waals surface area contributed by atoms with E-state index in [0.717, 1.165) is 24.8 Å². The molecule has 0 heterocycles. The van der Waals surface area contributed by atoms with Gasteiger partial charge in [-0.1, -0.05) is 48.5 Å². The maximum Gasteiger partial charge on any atom is 0.168 e. The number of aryl methyl sites for hydroxylation is 1. The molecular formula is C19H16O. The van der Waals surface area contributed by atoms with Gasteiger partial charge in [0.1, 0.15) is 0 Å². The number of rotatable bonds is 0. The van der Waals surface area contributed by atoms with E-state index in [9.17, 15) is 4.79 Å². The molecule has 0 radical (unpaired) electrons. The second kappa shape index (κ2) is 4.45. The van der Waals surface area contributed by atoms with Crippen molar-refractivity contribution < 1.29 is 4.79 Å². The molecule has 0 bridgehead atoms. The Kier molecular flexibility index (Phi) is 2.59. The van der Waals surface area contributed by atoms with Gasteiger partial charge in [0.25, 0.3) is 0 Å². The lowest BCUT2D eigenvalue weighted by atomic mass is 9.81. The highest BCUT2D eigenvalue weighted by Crippen LogP contribution is 2.40. The highest BCUT2D eigenvalue weighted by atomic mass is 16.1. The SMILES string of the molecule is O=C1Cc2ccccc2C2=C1c1ccccc1CCC2. The van der Waals surface area contributed by atoms with Crippen molar-refractivity contribution in [1.29, 1.82) is 0 Å². The average molecular weight is 260 g/mol. The van der Waals surface area contributed by atoms with Gasteiger partial charge in [-0.25, -0.2) is 0 Å². The summed E-state index contributed by atoms with van der Waals surface area (Å²) in [5.74, 6) is 0.285. The van der Waals surface area contributed by atoms with Crippen molar-refractivity contribution in [2.45, 2.75) is 25.7 Å². The summed E-state index contributed by atoms with van der Waals surface area (Å²) in [7, 11) is 0. The van der Waals surface area contributed by atoms with Crippen LogP contribution in [0.5, 0.6) is 0 Å². The summed E-state index contributed by atoms with van der Waals surface area (Å²) in [6, 6.07) is 16.8. The van der Waals surface area contributed by atoms with Gasteiger partial charge in [0, 0.05) is 12.0 Å². The van der Waals surface area contributed by atoms with Crippen LogP contribution in [0.3, 0.4) is 0 Å². The number of ketones is 1. The summed E-state index contributed by atoms with van der Waals surface area (Å²) in [5, 5.41) is 0. The van der Waals surface area contributed by atoms with Gasteiger partial charge in [-0.15, -0.1) is 0 Å². The van der Waals surface area contributed by atoms with Gasteiger partial charge < -0.3 is 0 Å². The Balaban J connectivity index is 2.03. The van der Waals surface area contributed by atoms with Crippen LogP contribution >= 0.6 is 0 Å². The Labute approximate surface area is 119 Å². The molecule has 0 amide bonds. The van der Waals surface area contributed by atoms with Crippen LogP contribution in [0.25, 0.3) is 11.1 Å². The lowest BCUT2D eigenvalue weighted by molar-refractivity contribution is -0.113. The predicted molar refractivity (Wildman–Crippen MR) is 81.3 cm³/mol. The second-order valence-corrected chi connectivity index (χ2v) is 5.62. The summed E-state index contributed by atoms with van der Waals surface area (Å²) in [4.78, 5) is 12.6. The molecule has 98 valence electrons. The van der Waals surface area contributed by atoms with Gasteiger partial charge in [-0.3, -0.25) is 4.79 Å². The fourth-order valence-electron chi connectivity index (χ4n) is 3.54. The van der Waals surface area contributed by atoms with Gasteiger partial charge in [0.15, 0.2) is 5.78 Å². The first-order valence-corrected chi connectivity index (χ1v) is 7.27. The fraction of sp³-hybridized carbons (Fsp3) is 0.211. The molecule has 2 aliphatic rings. The standard InChI is InChI=1S/C19H16O/c20-18-12-14-7-2-3-9-15(14)17-11-5-8-13-6-1-4-10-16(13)19(17)18/h1-4,6-7,9-10H,5,8,11-12H2. The Morgan fingerprint density at radius 1 is 0.750 bits per heavy atom. The smallest absolute Gasteiger partial charge is 0.168 e. The third-order valence-electron chi connectivity index (χ3n) is 4.43. The van der Waals surface area contributed by atoms with Crippen LogP contribution in [0.15, 0.2) is 48.5 Å². The number of hydrogen-bond acceptors (Lipinski definition) is 1. The van der Waals surface area contributed by atoms with Gasteiger partial charge >= 0.3 is 0 Å². The van der Waals surface area contributed by atoms with Crippen molar-refractivity contribution in [3.05, 3.63) is 70.8 Å². The number of Topliss-reactive ketones (excluding diaryl/α,β-unsaturated/α-hetero) is 1. The third kappa shape index (κ3) is 1.66. The maximum atomic E-state index is 12.6. The molecule has 0 saturated carbocycles. The van der Waals surface area contributed by atoms with E-state index in [0.29, 0.717) is 6.42 Å². The van der Waals surface area contributed by atoms with Crippen LogP contribution in [0, 0.1) is 0 Å². The highest BCUT2D eigenvalue weighted by molar-refractivity contribution is 6.30. The normalized spacial score (nSPS) is 17.1. The Bertz CT molecular complexity index is 737. The Morgan fingerprint density at radius 2 is 1.45 bits per heavy atom. The first-order valence-electron chi connectivity index (χ1n) is 7.27. The highest BCUT2D eigenvalue weighted by Gasteiger charge is 2.28. The van der Waals surface area contributed by atoms with Crippen molar-refractivity contribution in [3.8, 4) is 0 Å². The van der Waals surface area contributed by atoms with Crippen molar-refractivity contribution in [3.63, 3.8) is 0 Å². The lowest BCUT2D eigenvalue weighted by Gasteiger charge is -2.22. The molecule has 2 aromatic rings. The first kappa shape index (κ1) is 11.7. The van der Waals surface area contributed by atoms with E-state index in [-0.39, 0.29) is 5.78 Å². The van der Waals surface area contributed by atoms with E-state index in [4.69, 9.17) is 0 Å². The van der Waals surface area contributed by atoms with Crippen LogP contribution in [-0.2, 0) is 17.6 Å². The molecular weight excluding hydrogens is 244 g/mol. The van der Waals surface area contributed by atoms with Crippen LogP contribution < -0.4 is 0 Å². The van der Waals surface area contributed by atoms with Gasteiger partial charge in [0.2, 0.25) is 0 Å². The molecule has 0 spiro atoms. The van der Waals surface area contributed by atoms with Crippen molar-refractivity contribution in [2.24, 2.45) is 0 Å². The quantitative estimate of drug-likeness (QED) is 0.698. The molecule has 20 heavy (non-hydrogen) atoms. The van der Waals surface area contributed by atoms with Crippen molar-refractivity contribution in [1.82, 2.24) is 0 Å². The molecule has 0 unspecified atom stereocenters. The zero-order valence-corrected chi connectivity index (χ0v) is 11.4. The Hall–Kier alpha value is -2.15. The van der Waals surface area contributed by atoms with E-state index in [1.54, 1.807) is 0 Å². The largest absolute Gasteiger partial charge is 0.294 e. The molecule has 2 aliphatic carbocycles. The number of hydrogen-bond donors (Lipinski definition) is 0. The van der Waals surface area contributed by atoms with Crippen LogP contribution in [0.2, 0.25) is 0 Å². The predicted octanol–water partition coefficient (Wildman–Crippen LogP) is 4.06. The van der Waals surface area contributed by atoms with Crippen molar-refractivity contribution in [2.75, 3.05) is 0 Å². The number of fused-ring (bicyclic) bond motifs is 4. The monoisotopic (exact) mass is 260 g/mol. The average Bonchev–Trinajstić information content (AvgIpc) is 2.67. The van der Waals surface area contributed by atoms with Gasteiger partial charge in [-0.05, 0) is 47.1 Å². The van der Waals surface area contributed by atoms with E-state index in [1.807, 2.05) is 12.1 Å². The van der Waals surface area contributed by atoms with Crippen molar-refractivity contribution >= 4 is 16.9 Å². The van der Waals surface area contributed by atoms with Crippen LogP contribution in [-0.4, -0.2) is 5.78 Å². The number of allylic oxidation sites excluding steroid dienone is 2. The topological polar surface area (TPSA) is 17.1 Å². The zero-order chi connectivity index (χ0) is 13.5. The summed E-state index contributed by atoms with van der Waals surface area (Å²) < 4.78 is 0. The lowest BCUT2D eigenvalue weighted by Crippen LogP contribution is -2.15. The molecule has 4 rings (SSSR count). The summed E-state index contributed by atoms with van der Waals surface area (Å²) in [6.07, 6.45) is 3.74. The number of carbonyl (C=O) groups is 1. The molecule has 0 aliphatic heterocycles. The third-order valence-corrected chi connectivity index (χ3v) is 4.43. The summed E-state index contributed by atoms with van der Waals surface area (Å²) >= 11 is 0. The van der Waals surface area contributed by atoms with Gasteiger partial charge in [0.05, 0.1) is 0 Å². The maximum absolute atomic E-state index is 12.6. The molecule has 0 atom stereocenters. The van der Waals surface area contributed by atoms with Crippen LogP contribution in [0.4, 0.5) is 0 Å².